The lowest BCUT2D eigenvalue weighted by Gasteiger charge is -2.58. The molecule has 6 heteroatoms. The summed E-state index contributed by atoms with van der Waals surface area (Å²) in [5, 5.41) is 11.5. The first-order chi connectivity index (χ1) is 13.6. The van der Waals surface area contributed by atoms with Gasteiger partial charge in [-0.05, 0) is 56.3 Å². The Morgan fingerprint density at radius 1 is 1.14 bits per heavy atom. The molecule has 1 aliphatic heterocycles. The molecule has 1 heterocycles. The van der Waals surface area contributed by atoms with Crippen LogP contribution in [-0.4, -0.2) is 46.6 Å². The summed E-state index contributed by atoms with van der Waals surface area (Å²) in [7, 11) is 0. The van der Waals surface area contributed by atoms with E-state index < -0.39 is 17.0 Å². The molecule has 6 nitrogen and oxygen atoms in total. The van der Waals surface area contributed by atoms with Gasteiger partial charge in [-0.3, -0.25) is 14.4 Å². The molecule has 8 unspecified atom stereocenters. The number of Topliss-reactive ketones (excluding diaryl/α,β-unsaturated/α-hetero) is 2. The van der Waals surface area contributed by atoms with Crippen molar-refractivity contribution in [2.24, 2.45) is 28.6 Å². The van der Waals surface area contributed by atoms with Crippen LogP contribution in [0.1, 0.15) is 72.1 Å². The zero-order chi connectivity index (χ0) is 20.8. The number of hydrogen-bond acceptors (Lipinski definition) is 6. The Morgan fingerprint density at radius 2 is 1.90 bits per heavy atom. The van der Waals surface area contributed by atoms with E-state index in [9.17, 15) is 19.5 Å². The third-order valence-corrected chi connectivity index (χ3v) is 9.87. The average Bonchev–Trinajstić information content (AvgIpc) is 3.32. The molecule has 4 aliphatic carbocycles. The molecule has 0 aromatic heterocycles. The van der Waals surface area contributed by atoms with Gasteiger partial charge in [0.2, 0.25) is 5.78 Å². The van der Waals surface area contributed by atoms with Crippen molar-refractivity contribution < 1.29 is 29.0 Å². The van der Waals surface area contributed by atoms with E-state index in [0.717, 1.165) is 25.7 Å². The van der Waals surface area contributed by atoms with E-state index in [0.29, 0.717) is 43.3 Å². The van der Waals surface area contributed by atoms with Crippen molar-refractivity contribution in [1.82, 2.24) is 0 Å². The standard InChI is InChI=1S/C23H32O6/c1-13(24)28-12-18(26)22(27)9-7-16-17-5-4-14-10-15(25)6-8-20(14,2)23(17)19(29-23)11-21(16,22)3/h14,16-17,19,27H,4-12H2,1-3H3. The van der Waals surface area contributed by atoms with E-state index in [1.165, 1.54) is 6.92 Å². The predicted octanol–water partition coefficient (Wildman–Crippen LogP) is 2.59. The third kappa shape index (κ3) is 2.28. The lowest BCUT2D eigenvalue weighted by Crippen LogP contribution is -2.63. The Morgan fingerprint density at radius 3 is 2.62 bits per heavy atom. The van der Waals surface area contributed by atoms with E-state index >= 15 is 0 Å². The number of aliphatic hydroxyl groups is 1. The normalized spacial score (nSPS) is 52.6. The van der Waals surface area contributed by atoms with Crippen LogP contribution in [0.15, 0.2) is 0 Å². The maximum absolute atomic E-state index is 12.9. The fraction of sp³-hybridized carbons (Fsp3) is 0.870. The molecule has 5 fully saturated rings. The highest BCUT2D eigenvalue weighted by molar-refractivity contribution is 5.91. The van der Waals surface area contributed by atoms with Gasteiger partial charge in [0.25, 0.3) is 0 Å². The summed E-state index contributed by atoms with van der Waals surface area (Å²) in [4.78, 5) is 36.2. The van der Waals surface area contributed by atoms with E-state index in [1.54, 1.807) is 0 Å². The van der Waals surface area contributed by atoms with Crippen molar-refractivity contribution in [3.63, 3.8) is 0 Å². The van der Waals surface area contributed by atoms with Crippen molar-refractivity contribution in [1.29, 1.82) is 0 Å². The summed E-state index contributed by atoms with van der Waals surface area (Å²) >= 11 is 0. The molecule has 0 radical (unpaired) electrons. The molecule has 0 amide bonds. The van der Waals surface area contributed by atoms with Gasteiger partial charge in [0.15, 0.2) is 6.61 Å². The van der Waals surface area contributed by atoms with Crippen LogP contribution in [0, 0.1) is 28.6 Å². The van der Waals surface area contributed by atoms with Gasteiger partial charge in [-0.2, -0.15) is 0 Å². The Labute approximate surface area is 171 Å². The third-order valence-electron chi connectivity index (χ3n) is 9.87. The van der Waals surface area contributed by atoms with Crippen molar-refractivity contribution >= 4 is 17.5 Å². The second-order valence-corrected chi connectivity index (χ2v) is 10.8. The number of carbonyl (C=O) groups excluding carboxylic acids is 3. The molecule has 29 heavy (non-hydrogen) atoms. The van der Waals surface area contributed by atoms with Crippen LogP contribution in [0.2, 0.25) is 0 Å². The molecule has 4 saturated carbocycles. The smallest absolute Gasteiger partial charge is 0.303 e. The minimum atomic E-state index is -1.47. The largest absolute Gasteiger partial charge is 0.458 e. The highest BCUT2D eigenvalue weighted by atomic mass is 16.6. The van der Waals surface area contributed by atoms with Crippen molar-refractivity contribution in [2.75, 3.05) is 6.61 Å². The van der Waals surface area contributed by atoms with Crippen LogP contribution in [0.3, 0.4) is 0 Å². The van der Waals surface area contributed by atoms with Crippen molar-refractivity contribution in [3.05, 3.63) is 0 Å². The molecule has 1 N–H and O–H groups in total. The first-order valence-electron chi connectivity index (χ1n) is 11.2. The maximum Gasteiger partial charge on any atom is 0.303 e. The summed E-state index contributed by atoms with van der Waals surface area (Å²) in [6.45, 7) is 5.28. The Kier molecular flexibility index (Phi) is 4.01. The Hall–Kier alpha value is -1.27. The van der Waals surface area contributed by atoms with Crippen LogP contribution in [0.25, 0.3) is 0 Å². The van der Waals surface area contributed by atoms with Gasteiger partial charge in [0.05, 0.1) is 6.10 Å². The molecule has 1 saturated heterocycles. The summed E-state index contributed by atoms with van der Waals surface area (Å²) < 4.78 is 11.5. The Bertz CT molecular complexity index is 792. The van der Waals surface area contributed by atoms with Crippen LogP contribution < -0.4 is 0 Å². The van der Waals surface area contributed by atoms with E-state index in [-0.39, 0.29) is 35.4 Å². The molecule has 0 aromatic carbocycles. The number of carbonyl (C=O) groups is 3. The first-order valence-corrected chi connectivity index (χ1v) is 11.2. The van der Waals surface area contributed by atoms with Crippen LogP contribution in [-0.2, 0) is 23.9 Å². The van der Waals surface area contributed by atoms with Crippen LogP contribution in [0.4, 0.5) is 0 Å². The SMILES string of the molecule is CC(=O)OCC(=O)C1(O)CCC2C3CCC4CC(=O)CCC4(C)C34OC4CC21C. The molecule has 5 aliphatic rings. The molecule has 1 spiro atoms. The predicted molar refractivity (Wildman–Crippen MR) is 103 cm³/mol. The first kappa shape index (κ1) is 19.7. The molecule has 0 bridgehead atoms. The number of hydrogen-bond donors (Lipinski definition) is 1. The second kappa shape index (κ2) is 5.91. The number of ether oxygens (including phenoxy) is 2. The second-order valence-electron chi connectivity index (χ2n) is 10.8. The summed E-state index contributed by atoms with van der Waals surface area (Å²) in [5.41, 5.74) is -2.21. The van der Waals surface area contributed by atoms with E-state index in [4.69, 9.17) is 9.47 Å². The van der Waals surface area contributed by atoms with Crippen molar-refractivity contribution in [3.8, 4) is 0 Å². The van der Waals surface area contributed by atoms with Crippen molar-refractivity contribution in [2.45, 2.75) is 89.4 Å². The van der Waals surface area contributed by atoms with Gasteiger partial charge in [-0.15, -0.1) is 0 Å². The molecule has 160 valence electrons. The number of epoxide rings is 1. The van der Waals surface area contributed by atoms with Crippen LogP contribution >= 0.6 is 0 Å². The highest BCUT2D eigenvalue weighted by Gasteiger charge is 2.81. The number of esters is 1. The minimum Gasteiger partial charge on any atom is -0.458 e. The molecular weight excluding hydrogens is 372 g/mol. The maximum atomic E-state index is 12.9. The van der Waals surface area contributed by atoms with Gasteiger partial charge >= 0.3 is 5.97 Å². The zero-order valence-electron chi connectivity index (χ0n) is 17.7. The van der Waals surface area contributed by atoms with Gasteiger partial charge in [-0.1, -0.05) is 13.8 Å². The van der Waals surface area contributed by atoms with Gasteiger partial charge < -0.3 is 14.6 Å². The molecule has 0 aromatic rings. The topological polar surface area (TPSA) is 93.2 Å². The van der Waals surface area contributed by atoms with Gasteiger partial charge in [0.1, 0.15) is 17.0 Å². The fourth-order valence-electron chi connectivity index (χ4n) is 8.25. The fourth-order valence-corrected chi connectivity index (χ4v) is 8.25. The average molecular weight is 405 g/mol. The summed E-state index contributed by atoms with van der Waals surface area (Å²) in [6, 6.07) is 0. The number of ketones is 2. The quantitative estimate of drug-likeness (QED) is 0.574. The van der Waals surface area contributed by atoms with E-state index in [1.807, 2.05) is 6.92 Å². The van der Waals surface area contributed by atoms with E-state index in [2.05, 4.69) is 6.92 Å². The number of fused-ring (bicyclic) bond motifs is 3. The van der Waals surface area contributed by atoms with Crippen LogP contribution in [0.5, 0.6) is 0 Å². The monoisotopic (exact) mass is 404 g/mol. The molecular formula is C23H32O6. The lowest BCUT2D eigenvalue weighted by molar-refractivity contribution is -0.169. The van der Waals surface area contributed by atoms with Gasteiger partial charge in [-0.25, -0.2) is 0 Å². The highest BCUT2D eigenvalue weighted by Crippen LogP contribution is 2.76. The summed E-state index contributed by atoms with van der Waals surface area (Å²) in [5.74, 6) is 0.410. The Balaban J connectivity index is 1.46. The zero-order valence-corrected chi connectivity index (χ0v) is 17.7. The lowest BCUT2D eigenvalue weighted by atomic mass is 9.44. The number of rotatable bonds is 3. The molecule has 5 rings (SSSR count). The molecule has 8 atom stereocenters. The van der Waals surface area contributed by atoms with Gasteiger partial charge in [0, 0.05) is 30.6 Å². The minimum absolute atomic E-state index is 0.0122. The summed E-state index contributed by atoms with van der Waals surface area (Å²) in [6.07, 6.45) is 6.15.